The molecule has 106 valence electrons. The summed E-state index contributed by atoms with van der Waals surface area (Å²) >= 11 is 4.47. The van der Waals surface area contributed by atoms with Gasteiger partial charge in [-0.3, -0.25) is 0 Å². The van der Waals surface area contributed by atoms with E-state index < -0.39 is 0 Å². The molecule has 0 spiro atoms. The number of nitrogens with zero attached hydrogens (tertiary/aromatic N) is 2. The van der Waals surface area contributed by atoms with E-state index >= 15 is 0 Å². The van der Waals surface area contributed by atoms with Gasteiger partial charge < -0.3 is 5.32 Å². The third-order valence-electron chi connectivity index (χ3n) is 4.16. The van der Waals surface area contributed by atoms with E-state index in [4.69, 9.17) is 0 Å². The van der Waals surface area contributed by atoms with Crippen molar-refractivity contribution in [1.29, 1.82) is 5.26 Å². The number of hydrogen-bond donors (Lipinski definition) is 1. The number of nitriles is 1. The van der Waals surface area contributed by atoms with Crippen LogP contribution >= 0.6 is 34.4 Å². The molecule has 0 radical (unpaired) electrons. The number of thioether (sulfide) groups is 1. The van der Waals surface area contributed by atoms with Gasteiger partial charge in [-0.1, -0.05) is 34.4 Å². The van der Waals surface area contributed by atoms with Gasteiger partial charge >= 0.3 is 0 Å². The predicted octanol–water partition coefficient (Wildman–Crippen LogP) is 3.19. The number of alkyl halides is 1. The second kappa shape index (κ2) is 6.10. The molecule has 1 aliphatic carbocycles. The molecule has 5 heteroatoms. The Hall–Kier alpha value is -0.480. The molecule has 1 saturated carbocycles. The Bertz CT molecular complexity index is 567. The van der Waals surface area contributed by atoms with Crippen LogP contribution in [0.4, 0.5) is 5.69 Å². The van der Waals surface area contributed by atoms with E-state index in [1.165, 1.54) is 31.4 Å². The summed E-state index contributed by atoms with van der Waals surface area (Å²) in [7, 11) is 2.12. The van der Waals surface area contributed by atoms with Crippen LogP contribution in [0.25, 0.3) is 0 Å². The Kier molecular flexibility index (Phi) is 4.41. The van der Waals surface area contributed by atoms with Crippen molar-refractivity contribution < 1.29 is 4.57 Å². The molecule has 2 atom stereocenters. The van der Waals surface area contributed by atoms with Gasteiger partial charge in [-0.05, 0) is 31.7 Å². The molecule has 2 unspecified atom stereocenters. The van der Waals surface area contributed by atoms with E-state index in [2.05, 4.69) is 45.6 Å². The van der Waals surface area contributed by atoms with Gasteiger partial charge in [-0.2, -0.15) is 9.83 Å². The van der Waals surface area contributed by atoms with Crippen molar-refractivity contribution >= 4 is 40.0 Å². The summed E-state index contributed by atoms with van der Waals surface area (Å²) in [5.74, 6) is 0. The molecule has 0 bridgehead atoms. The second-order valence-corrected chi connectivity index (χ2v) is 8.63. The Morgan fingerprint density at radius 2 is 2.35 bits per heavy atom. The van der Waals surface area contributed by atoms with E-state index in [0.717, 1.165) is 33.2 Å². The summed E-state index contributed by atoms with van der Waals surface area (Å²) in [6.07, 6.45) is 6.15. The number of pyridine rings is 1. The SMILES string of the molecule is C[n+]1c2c(cc(C#N)c1SC1CCC(I)C1)NCCC2. The van der Waals surface area contributed by atoms with Gasteiger partial charge in [0.15, 0.2) is 0 Å². The highest BCUT2D eigenvalue weighted by Crippen LogP contribution is 2.38. The minimum atomic E-state index is 0.671. The van der Waals surface area contributed by atoms with E-state index in [9.17, 15) is 5.26 Å². The Balaban J connectivity index is 1.94. The molecule has 2 aliphatic rings. The van der Waals surface area contributed by atoms with Crippen molar-refractivity contribution in [3.05, 3.63) is 17.3 Å². The lowest BCUT2D eigenvalue weighted by Gasteiger charge is -2.18. The summed E-state index contributed by atoms with van der Waals surface area (Å²) in [5, 5.41) is 14.7. The molecule has 20 heavy (non-hydrogen) atoms. The molecule has 0 aromatic carbocycles. The van der Waals surface area contributed by atoms with Crippen molar-refractivity contribution in [2.24, 2.45) is 7.05 Å². The molecule has 1 aromatic rings. The minimum absolute atomic E-state index is 0.671. The standard InChI is InChI=1S/C15H19IN3S/c1-19-14-3-2-6-18-13(14)7-10(9-17)15(19)20-12-5-4-11(16)8-12/h7,11-12,18H,2-6,8H2,1H3/q+1. The van der Waals surface area contributed by atoms with Crippen LogP contribution < -0.4 is 9.88 Å². The molecular formula is C15H19IN3S+. The number of nitrogens with one attached hydrogen (secondary N) is 1. The fourth-order valence-electron chi connectivity index (χ4n) is 3.08. The largest absolute Gasteiger partial charge is 0.380 e. The van der Waals surface area contributed by atoms with Crippen molar-refractivity contribution in [3.63, 3.8) is 0 Å². The monoisotopic (exact) mass is 400 g/mol. The number of anilines is 1. The number of rotatable bonds is 2. The normalized spacial score (nSPS) is 24.9. The molecule has 2 heterocycles. The first-order chi connectivity index (χ1) is 9.69. The highest BCUT2D eigenvalue weighted by Gasteiger charge is 2.30. The summed E-state index contributed by atoms with van der Waals surface area (Å²) in [6.45, 7) is 1.02. The minimum Gasteiger partial charge on any atom is -0.380 e. The Morgan fingerprint density at radius 3 is 3.05 bits per heavy atom. The highest BCUT2D eigenvalue weighted by atomic mass is 127. The molecular weight excluding hydrogens is 381 g/mol. The van der Waals surface area contributed by atoms with Gasteiger partial charge in [0, 0.05) is 22.1 Å². The zero-order valence-electron chi connectivity index (χ0n) is 11.7. The van der Waals surface area contributed by atoms with E-state index in [-0.39, 0.29) is 0 Å². The molecule has 0 amide bonds. The zero-order chi connectivity index (χ0) is 14.1. The van der Waals surface area contributed by atoms with E-state index in [1.54, 1.807) is 0 Å². The van der Waals surface area contributed by atoms with Gasteiger partial charge in [-0.15, -0.1) is 0 Å². The maximum atomic E-state index is 9.46. The summed E-state index contributed by atoms with van der Waals surface area (Å²) in [6, 6.07) is 4.44. The van der Waals surface area contributed by atoms with Gasteiger partial charge in [0.25, 0.3) is 5.03 Å². The van der Waals surface area contributed by atoms with Crippen LogP contribution in [0, 0.1) is 11.3 Å². The van der Waals surface area contributed by atoms with Crippen molar-refractivity contribution in [2.45, 2.75) is 46.3 Å². The van der Waals surface area contributed by atoms with Crippen LogP contribution in [0.2, 0.25) is 0 Å². The van der Waals surface area contributed by atoms with Gasteiger partial charge in [0.2, 0.25) is 5.69 Å². The van der Waals surface area contributed by atoms with Crippen LogP contribution in [0.3, 0.4) is 0 Å². The average Bonchev–Trinajstić information content (AvgIpc) is 2.87. The maximum absolute atomic E-state index is 9.46. The zero-order valence-corrected chi connectivity index (χ0v) is 14.6. The van der Waals surface area contributed by atoms with Crippen molar-refractivity contribution in [1.82, 2.24) is 0 Å². The van der Waals surface area contributed by atoms with Crippen LogP contribution in [-0.4, -0.2) is 15.7 Å². The van der Waals surface area contributed by atoms with Crippen LogP contribution in [0.5, 0.6) is 0 Å². The average molecular weight is 400 g/mol. The summed E-state index contributed by atoms with van der Waals surface area (Å²) in [5.41, 5.74) is 3.32. The van der Waals surface area contributed by atoms with Gasteiger partial charge in [0.1, 0.15) is 24.4 Å². The maximum Gasteiger partial charge on any atom is 0.258 e. The third-order valence-corrected chi connectivity index (χ3v) is 6.77. The topological polar surface area (TPSA) is 39.7 Å². The van der Waals surface area contributed by atoms with Crippen LogP contribution in [0.15, 0.2) is 11.1 Å². The smallest absolute Gasteiger partial charge is 0.258 e. The lowest BCUT2D eigenvalue weighted by molar-refractivity contribution is -0.715. The number of aromatic nitrogens is 1. The molecule has 1 aromatic heterocycles. The number of halogens is 1. The number of hydrogen-bond acceptors (Lipinski definition) is 3. The fraction of sp³-hybridized carbons (Fsp3) is 0.600. The third kappa shape index (κ3) is 2.77. The summed E-state index contributed by atoms with van der Waals surface area (Å²) in [4.78, 5) is 0. The predicted molar refractivity (Wildman–Crippen MR) is 90.4 cm³/mol. The van der Waals surface area contributed by atoms with Crippen molar-refractivity contribution in [2.75, 3.05) is 11.9 Å². The molecule has 0 saturated heterocycles. The lowest BCUT2D eigenvalue weighted by Crippen LogP contribution is -2.40. The van der Waals surface area contributed by atoms with Crippen LogP contribution in [0.1, 0.15) is 36.9 Å². The second-order valence-electron chi connectivity index (χ2n) is 5.57. The molecule has 3 nitrogen and oxygen atoms in total. The van der Waals surface area contributed by atoms with Gasteiger partial charge in [0.05, 0.1) is 0 Å². The molecule has 1 N–H and O–H groups in total. The Labute approximate surface area is 138 Å². The number of fused-ring (bicyclic) bond motifs is 1. The first-order valence-corrected chi connectivity index (χ1v) is 9.32. The van der Waals surface area contributed by atoms with Gasteiger partial charge in [-0.25, -0.2) is 0 Å². The van der Waals surface area contributed by atoms with Crippen LogP contribution in [-0.2, 0) is 13.5 Å². The first-order valence-electron chi connectivity index (χ1n) is 7.19. The molecule has 1 fully saturated rings. The highest BCUT2D eigenvalue weighted by molar-refractivity contribution is 14.1. The fourth-order valence-corrected chi connectivity index (χ4v) is 5.80. The Morgan fingerprint density at radius 1 is 1.50 bits per heavy atom. The van der Waals surface area contributed by atoms with E-state index in [0.29, 0.717) is 5.25 Å². The first kappa shape index (κ1) is 14.5. The molecule has 3 rings (SSSR count). The van der Waals surface area contributed by atoms with E-state index in [1.807, 2.05) is 17.8 Å². The lowest BCUT2D eigenvalue weighted by atomic mass is 10.1. The molecule has 1 aliphatic heterocycles. The van der Waals surface area contributed by atoms with Crippen molar-refractivity contribution in [3.8, 4) is 6.07 Å². The quantitative estimate of drug-likeness (QED) is 0.471. The summed E-state index contributed by atoms with van der Waals surface area (Å²) < 4.78 is 3.06.